The van der Waals surface area contributed by atoms with E-state index in [9.17, 15) is 4.79 Å². The molecule has 2 aromatic rings. The molecule has 118 valence electrons. The largest absolute Gasteiger partial charge is 0.484 e. The number of ether oxygens (including phenoxy) is 2. The summed E-state index contributed by atoms with van der Waals surface area (Å²) in [7, 11) is 1.58. The Hall–Kier alpha value is -2.84. The van der Waals surface area contributed by atoms with Gasteiger partial charge in [0.2, 0.25) is 0 Å². The molecule has 0 fully saturated rings. The van der Waals surface area contributed by atoms with Crippen molar-refractivity contribution in [3.63, 3.8) is 0 Å². The summed E-state index contributed by atoms with van der Waals surface area (Å²) in [5.41, 5.74) is 2.67. The monoisotopic (exact) mass is 310 g/mol. The molecule has 0 bridgehead atoms. The number of nitrogens with one attached hydrogen (secondary N) is 1. The lowest BCUT2D eigenvalue weighted by Crippen LogP contribution is -2.31. The van der Waals surface area contributed by atoms with Crippen LogP contribution in [0.4, 0.5) is 0 Å². The van der Waals surface area contributed by atoms with E-state index in [1.807, 2.05) is 36.4 Å². The number of hydrogen-bond donors (Lipinski definition) is 1. The summed E-state index contributed by atoms with van der Waals surface area (Å²) in [6.45, 7) is 0.918. The van der Waals surface area contributed by atoms with Gasteiger partial charge in [0.1, 0.15) is 5.75 Å². The van der Waals surface area contributed by atoms with Gasteiger partial charge in [-0.05, 0) is 35.4 Å². The lowest BCUT2D eigenvalue weighted by atomic mass is 10.0. The molecule has 0 atom stereocenters. The van der Waals surface area contributed by atoms with Crippen molar-refractivity contribution in [2.75, 3.05) is 26.9 Å². The second kappa shape index (κ2) is 8.57. The molecular formula is C18H18N2O3. The Morgan fingerprint density at radius 3 is 2.26 bits per heavy atom. The average molecular weight is 310 g/mol. The van der Waals surface area contributed by atoms with Crippen molar-refractivity contribution in [2.45, 2.75) is 0 Å². The molecule has 23 heavy (non-hydrogen) atoms. The number of hydrogen-bond acceptors (Lipinski definition) is 4. The van der Waals surface area contributed by atoms with Gasteiger partial charge in [-0.3, -0.25) is 4.79 Å². The Kier molecular flexibility index (Phi) is 6.16. The Morgan fingerprint density at radius 1 is 1.09 bits per heavy atom. The van der Waals surface area contributed by atoms with E-state index in [-0.39, 0.29) is 12.5 Å². The van der Waals surface area contributed by atoms with Gasteiger partial charge in [0.25, 0.3) is 5.91 Å². The Morgan fingerprint density at radius 2 is 1.70 bits per heavy atom. The number of nitriles is 1. The minimum absolute atomic E-state index is 0.0278. The zero-order valence-electron chi connectivity index (χ0n) is 12.9. The molecular weight excluding hydrogens is 292 g/mol. The number of benzene rings is 2. The zero-order chi connectivity index (χ0) is 16.5. The van der Waals surface area contributed by atoms with Crippen LogP contribution in [0.3, 0.4) is 0 Å². The first-order valence-electron chi connectivity index (χ1n) is 7.22. The van der Waals surface area contributed by atoms with Gasteiger partial charge in [0.15, 0.2) is 6.61 Å². The second-order valence-corrected chi connectivity index (χ2v) is 4.84. The van der Waals surface area contributed by atoms with Crippen LogP contribution >= 0.6 is 0 Å². The molecule has 2 rings (SSSR count). The van der Waals surface area contributed by atoms with Crippen molar-refractivity contribution in [3.8, 4) is 22.9 Å². The fraction of sp³-hybridized carbons (Fsp3) is 0.222. The molecule has 0 aliphatic carbocycles. The van der Waals surface area contributed by atoms with E-state index in [1.165, 1.54) is 0 Å². The minimum atomic E-state index is -0.182. The molecule has 0 saturated carbocycles. The summed E-state index contributed by atoms with van der Waals surface area (Å²) in [6.07, 6.45) is 0. The lowest BCUT2D eigenvalue weighted by molar-refractivity contribution is -0.123. The molecule has 0 aromatic heterocycles. The summed E-state index contributed by atoms with van der Waals surface area (Å²) in [4.78, 5) is 11.5. The highest BCUT2D eigenvalue weighted by Crippen LogP contribution is 2.22. The predicted octanol–water partition coefficient (Wildman–Crippen LogP) is 2.37. The van der Waals surface area contributed by atoms with E-state index >= 15 is 0 Å². The molecule has 5 heteroatoms. The van der Waals surface area contributed by atoms with Gasteiger partial charge in [0.05, 0.1) is 18.2 Å². The standard InChI is InChI=1S/C18H18N2O3/c1-22-11-10-20-18(21)13-23-17-8-6-16(7-9-17)15-4-2-14(12-19)3-5-15/h2-9H,10-11,13H2,1H3,(H,20,21). The molecule has 0 spiro atoms. The Labute approximate surface area is 135 Å². The third kappa shape index (κ3) is 5.13. The average Bonchev–Trinajstić information content (AvgIpc) is 2.61. The van der Waals surface area contributed by atoms with Gasteiger partial charge in [-0.15, -0.1) is 0 Å². The molecule has 0 aliphatic rings. The highest BCUT2D eigenvalue weighted by atomic mass is 16.5. The summed E-state index contributed by atoms with van der Waals surface area (Å²) in [5, 5.41) is 11.5. The minimum Gasteiger partial charge on any atom is -0.484 e. The van der Waals surface area contributed by atoms with E-state index in [0.717, 1.165) is 11.1 Å². The van der Waals surface area contributed by atoms with Gasteiger partial charge in [-0.2, -0.15) is 5.26 Å². The van der Waals surface area contributed by atoms with Gasteiger partial charge >= 0.3 is 0 Å². The maximum Gasteiger partial charge on any atom is 0.258 e. The maximum absolute atomic E-state index is 11.5. The first-order chi connectivity index (χ1) is 11.2. The number of carbonyl (C=O) groups is 1. The van der Waals surface area contributed by atoms with Crippen LogP contribution in [0, 0.1) is 11.3 Å². The number of amides is 1. The maximum atomic E-state index is 11.5. The van der Waals surface area contributed by atoms with E-state index in [0.29, 0.717) is 24.5 Å². The molecule has 2 aromatic carbocycles. The summed E-state index contributed by atoms with van der Waals surface area (Å²) < 4.78 is 10.3. The highest BCUT2D eigenvalue weighted by molar-refractivity contribution is 5.77. The summed E-state index contributed by atoms with van der Waals surface area (Å²) >= 11 is 0. The topological polar surface area (TPSA) is 71.3 Å². The van der Waals surface area contributed by atoms with Crippen LogP contribution in [0.25, 0.3) is 11.1 Å². The highest BCUT2D eigenvalue weighted by Gasteiger charge is 2.03. The first kappa shape index (κ1) is 16.5. The molecule has 1 N–H and O–H groups in total. The Balaban J connectivity index is 1.89. The first-order valence-corrected chi connectivity index (χ1v) is 7.22. The molecule has 0 saturated heterocycles. The third-order valence-electron chi connectivity index (χ3n) is 3.20. The summed E-state index contributed by atoms with van der Waals surface area (Å²) in [5.74, 6) is 0.447. The smallest absolute Gasteiger partial charge is 0.258 e. The molecule has 0 radical (unpaired) electrons. The predicted molar refractivity (Wildman–Crippen MR) is 87.0 cm³/mol. The van der Waals surface area contributed by atoms with Crippen LogP contribution in [-0.2, 0) is 9.53 Å². The van der Waals surface area contributed by atoms with E-state index in [4.69, 9.17) is 14.7 Å². The molecule has 5 nitrogen and oxygen atoms in total. The molecule has 0 heterocycles. The van der Waals surface area contributed by atoms with Gasteiger partial charge in [-0.25, -0.2) is 0 Å². The van der Waals surface area contributed by atoms with Crippen LogP contribution in [-0.4, -0.2) is 32.8 Å². The molecule has 1 amide bonds. The second-order valence-electron chi connectivity index (χ2n) is 4.84. The van der Waals surface area contributed by atoms with E-state index in [2.05, 4.69) is 11.4 Å². The molecule has 0 aliphatic heterocycles. The van der Waals surface area contributed by atoms with E-state index in [1.54, 1.807) is 19.2 Å². The van der Waals surface area contributed by atoms with Crippen LogP contribution in [0.1, 0.15) is 5.56 Å². The number of carbonyl (C=O) groups excluding carboxylic acids is 1. The number of methoxy groups -OCH3 is 1. The van der Waals surface area contributed by atoms with Gasteiger partial charge in [0, 0.05) is 13.7 Å². The number of nitrogens with zero attached hydrogens (tertiary/aromatic N) is 1. The van der Waals surface area contributed by atoms with Crippen molar-refractivity contribution in [2.24, 2.45) is 0 Å². The van der Waals surface area contributed by atoms with Crippen LogP contribution in [0.15, 0.2) is 48.5 Å². The van der Waals surface area contributed by atoms with Crippen molar-refractivity contribution in [3.05, 3.63) is 54.1 Å². The van der Waals surface area contributed by atoms with Gasteiger partial charge < -0.3 is 14.8 Å². The zero-order valence-corrected chi connectivity index (χ0v) is 12.9. The fourth-order valence-electron chi connectivity index (χ4n) is 1.97. The fourth-order valence-corrected chi connectivity index (χ4v) is 1.97. The van der Waals surface area contributed by atoms with Crippen molar-refractivity contribution in [1.29, 1.82) is 5.26 Å². The van der Waals surface area contributed by atoms with Crippen molar-refractivity contribution in [1.82, 2.24) is 5.32 Å². The normalized spacial score (nSPS) is 9.91. The number of rotatable bonds is 7. The quantitative estimate of drug-likeness (QED) is 0.797. The lowest BCUT2D eigenvalue weighted by Gasteiger charge is -2.08. The Bertz CT molecular complexity index is 673. The van der Waals surface area contributed by atoms with Crippen LogP contribution < -0.4 is 10.1 Å². The molecule has 0 unspecified atom stereocenters. The third-order valence-corrected chi connectivity index (χ3v) is 3.20. The van der Waals surface area contributed by atoms with Crippen molar-refractivity contribution >= 4 is 5.91 Å². The van der Waals surface area contributed by atoms with Gasteiger partial charge in [-0.1, -0.05) is 24.3 Å². The summed E-state index contributed by atoms with van der Waals surface area (Å²) in [6, 6.07) is 16.9. The SMILES string of the molecule is COCCNC(=O)COc1ccc(-c2ccc(C#N)cc2)cc1. The van der Waals surface area contributed by atoms with E-state index < -0.39 is 0 Å². The van der Waals surface area contributed by atoms with Crippen molar-refractivity contribution < 1.29 is 14.3 Å². The van der Waals surface area contributed by atoms with Crippen LogP contribution in [0.2, 0.25) is 0 Å². The van der Waals surface area contributed by atoms with Crippen LogP contribution in [0.5, 0.6) is 5.75 Å².